The molecule has 8 aliphatic rings. The third-order valence-electron chi connectivity index (χ3n) is 20.7. The van der Waals surface area contributed by atoms with Crippen molar-refractivity contribution in [2.45, 2.75) is 194 Å². The van der Waals surface area contributed by atoms with Crippen LogP contribution in [0.15, 0.2) is 0 Å². The highest BCUT2D eigenvalue weighted by molar-refractivity contribution is 7.90. The number of hydrogen-bond acceptors (Lipinski definition) is 9. The van der Waals surface area contributed by atoms with Gasteiger partial charge in [-0.3, -0.25) is 9.59 Å². The lowest BCUT2D eigenvalue weighted by molar-refractivity contribution is -0.174. The summed E-state index contributed by atoms with van der Waals surface area (Å²) in [4.78, 5) is 25.7. The van der Waals surface area contributed by atoms with Crippen LogP contribution in [0, 0.1) is 92.7 Å². The molecular weight excluding hydrogens is 737 g/mol. The molecule has 9 heteroatoms. The molecule has 4 N–H and O–H groups in total. The van der Waals surface area contributed by atoms with Gasteiger partial charge in [0.25, 0.3) is 12.3 Å². The molecule has 8 nitrogen and oxygen atoms in total. The minimum atomic E-state index is -0.340. The third kappa shape index (κ3) is 7.39. The van der Waals surface area contributed by atoms with Crippen molar-refractivity contribution in [3.05, 3.63) is 0 Å². The normalized spacial score (nSPS) is 51.2. The van der Waals surface area contributed by atoms with Crippen LogP contribution in [-0.4, -0.2) is 56.8 Å². The summed E-state index contributed by atoms with van der Waals surface area (Å²) in [5.74, 6) is 4.67. The van der Waals surface area contributed by atoms with Crippen molar-refractivity contribution in [3.63, 3.8) is 0 Å². The van der Waals surface area contributed by atoms with Crippen LogP contribution in [0.3, 0.4) is 0 Å². The first-order valence-corrected chi connectivity index (χ1v) is 24.4. The molecule has 0 bridgehead atoms. The van der Waals surface area contributed by atoms with Crippen LogP contribution in [0.5, 0.6) is 0 Å². The van der Waals surface area contributed by atoms with Crippen LogP contribution in [0.25, 0.3) is 0 Å². The lowest BCUT2D eigenvalue weighted by Crippen LogP contribution is -2.58. The average Bonchev–Trinajstić information content (AvgIpc) is 3.71. The predicted octanol–water partition coefficient (Wildman–Crippen LogP) is 9.45. The molecule has 8 unspecified atom stereocenters. The summed E-state index contributed by atoms with van der Waals surface area (Å²) < 4.78 is 10.7. The molecule has 324 valence electrons. The molecule has 0 aliphatic heterocycles. The highest BCUT2D eigenvalue weighted by Crippen LogP contribution is 2.70. The SMILES string of the molecule is C[C@H](CCC(=O)OSOC(=O)CC[C@@H](C)[C@H]1CCC2C3C(CC[C@@]21C)[C@@]1(C)CC[C@H](O)CC1C[C@@H]3O)[C@H]1CCC2C3C(CC[C@@]21C)[C@@]1(C)CC[C@H](O)CC1C[C@@H]3O. The van der Waals surface area contributed by atoms with Crippen molar-refractivity contribution in [2.24, 2.45) is 92.7 Å². The Kier molecular flexibility index (Phi) is 12.1. The van der Waals surface area contributed by atoms with Gasteiger partial charge in [0.05, 0.1) is 24.4 Å². The Balaban J connectivity index is 0.765. The third-order valence-corrected chi connectivity index (χ3v) is 21.2. The van der Waals surface area contributed by atoms with E-state index < -0.39 is 0 Å². The van der Waals surface area contributed by atoms with Crippen molar-refractivity contribution in [1.29, 1.82) is 0 Å². The second-order valence-electron chi connectivity index (χ2n) is 22.9. The van der Waals surface area contributed by atoms with E-state index in [0.717, 1.165) is 103 Å². The summed E-state index contributed by atoms with van der Waals surface area (Å²) in [6.45, 7) is 14.4. The van der Waals surface area contributed by atoms with Gasteiger partial charge in [-0.2, -0.15) is 0 Å². The second-order valence-corrected chi connectivity index (χ2v) is 23.4. The first-order valence-electron chi connectivity index (χ1n) is 23.8. The lowest BCUT2D eigenvalue weighted by Gasteiger charge is -2.62. The van der Waals surface area contributed by atoms with E-state index in [0.29, 0.717) is 96.2 Å². The Labute approximate surface area is 348 Å². The highest BCUT2D eigenvalue weighted by Gasteiger charge is 2.64. The highest BCUT2D eigenvalue weighted by atomic mass is 32.2. The summed E-state index contributed by atoms with van der Waals surface area (Å²) in [6, 6.07) is 0. The Bertz CT molecular complexity index is 1370. The lowest BCUT2D eigenvalue weighted by atomic mass is 9.43. The summed E-state index contributed by atoms with van der Waals surface area (Å²) >= 11 is 0.529. The topological polar surface area (TPSA) is 134 Å². The number of carbonyl (C=O) groups excluding carboxylic acids is 2. The fraction of sp³-hybridized carbons (Fsp3) is 0.958. The number of aliphatic hydroxyl groups excluding tert-OH is 4. The van der Waals surface area contributed by atoms with Crippen LogP contribution < -0.4 is 0 Å². The van der Waals surface area contributed by atoms with Crippen LogP contribution in [0.1, 0.15) is 170 Å². The van der Waals surface area contributed by atoms with E-state index in [1.807, 2.05) is 0 Å². The molecule has 0 aromatic carbocycles. The number of hydrogen-bond donors (Lipinski definition) is 4. The van der Waals surface area contributed by atoms with Gasteiger partial charge in [-0.1, -0.05) is 41.5 Å². The number of aliphatic hydroxyl groups is 4. The zero-order valence-electron chi connectivity index (χ0n) is 36.2. The van der Waals surface area contributed by atoms with Gasteiger partial charge in [-0.05, 0) is 208 Å². The molecule has 8 saturated carbocycles. The fourth-order valence-electron chi connectivity index (χ4n) is 17.6. The summed E-state index contributed by atoms with van der Waals surface area (Å²) in [5.41, 5.74) is 0.777. The number of fused-ring (bicyclic) bond motifs is 10. The van der Waals surface area contributed by atoms with Gasteiger partial charge in [0.15, 0.2) is 0 Å². The predicted molar refractivity (Wildman–Crippen MR) is 222 cm³/mol. The van der Waals surface area contributed by atoms with E-state index in [1.54, 1.807) is 0 Å². The smallest absolute Gasteiger partial charge is 0.320 e. The molecule has 0 spiro atoms. The van der Waals surface area contributed by atoms with Crippen molar-refractivity contribution in [2.75, 3.05) is 0 Å². The Hall–Kier alpha value is -0.870. The summed E-state index contributed by atoms with van der Waals surface area (Å²) in [6.07, 6.45) is 17.6. The van der Waals surface area contributed by atoms with Gasteiger partial charge in [-0.15, -0.1) is 0 Å². The number of rotatable bonds is 10. The first-order chi connectivity index (χ1) is 27.0. The van der Waals surface area contributed by atoms with Gasteiger partial charge in [-0.25, -0.2) is 0 Å². The van der Waals surface area contributed by atoms with E-state index in [-0.39, 0.29) is 58.0 Å². The van der Waals surface area contributed by atoms with Crippen molar-refractivity contribution >= 4 is 24.3 Å². The Morgan fingerprint density at radius 1 is 0.544 bits per heavy atom. The standard InChI is InChI=1S/C48H78O8S/c1-27(33-9-11-35-43-37(17-21-47(33,35)5)45(3)19-15-31(49)23-29(45)25-39(43)51)7-13-41(53)55-57-56-42(54)14-8-28(2)34-10-12-36-44-38(18-22-48(34,36)6)46(4)20-16-32(50)24-30(46)26-40(44)52/h27-40,43-44,49-52H,7-26H2,1-6H3/t27-,28-,29?,30?,31+,32+,33-,34-,35?,36?,37?,38?,39+,40+,43?,44?,45+,46+,47-,48-/m1/s1. The number of carbonyl (C=O) groups is 2. The second kappa shape index (κ2) is 16.1. The first kappa shape index (κ1) is 42.8. The van der Waals surface area contributed by atoms with E-state index >= 15 is 0 Å². The summed E-state index contributed by atoms with van der Waals surface area (Å²) in [7, 11) is 0. The maximum Gasteiger partial charge on any atom is 0.320 e. The van der Waals surface area contributed by atoms with E-state index in [1.165, 1.54) is 12.8 Å². The van der Waals surface area contributed by atoms with Crippen molar-refractivity contribution in [1.82, 2.24) is 0 Å². The maximum atomic E-state index is 12.9. The van der Waals surface area contributed by atoms with Crippen molar-refractivity contribution < 1.29 is 38.4 Å². The quantitative estimate of drug-likeness (QED) is 0.159. The molecule has 8 aliphatic carbocycles. The van der Waals surface area contributed by atoms with Gasteiger partial charge in [0.1, 0.15) is 0 Å². The molecule has 0 aromatic rings. The average molecular weight is 815 g/mol. The van der Waals surface area contributed by atoms with Crippen molar-refractivity contribution in [3.8, 4) is 0 Å². The van der Waals surface area contributed by atoms with Crippen LogP contribution >= 0.6 is 12.3 Å². The molecule has 8 fully saturated rings. The minimum Gasteiger partial charge on any atom is -0.393 e. The maximum absolute atomic E-state index is 12.9. The van der Waals surface area contributed by atoms with Gasteiger partial charge >= 0.3 is 11.9 Å². The molecule has 0 radical (unpaired) electrons. The van der Waals surface area contributed by atoms with Gasteiger partial charge in [0, 0.05) is 12.8 Å². The minimum absolute atomic E-state index is 0.167. The molecule has 0 amide bonds. The van der Waals surface area contributed by atoms with E-state index in [9.17, 15) is 30.0 Å². The molecular formula is C48H78O8S. The zero-order chi connectivity index (χ0) is 40.7. The molecule has 0 heterocycles. The fourth-order valence-corrected chi connectivity index (χ4v) is 18.0. The van der Waals surface area contributed by atoms with Gasteiger partial charge < -0.3 is 28.8 Å². The molecule has 0 aromatic heterocycles. The van der Waals surface area contributed by atoms with Crippen LogP contribution in [0.2, 0.25) is 0 Å². The molecule has 57 heavy (non-hydrogen) atoms. The largest absolute Gasteiger partial charge is 0.393 e. The van der Waals surface area contributed by atoms with Crippen LogP contribution in [-0.2, 0) is 18.0 Å². The molecule has 0 saturated heterocycles. The zero-order valence-corrected chi connectivity index (χ0v) is 37.0. The summed E-state index contributed by atoms with van der Waals surface area (Å²) in [5, 5.41) is 44.0. The van der Waals surface area contributed by atoms with E-state index in [4.69, 9.17) is 8.37 Å². The molecule has 8 rings (SSSR count). The monoisotopic (exact) mass is 815 g/mol. The Morgan fingerprint density at radius 2 is 0.912 bits per heavy atom. The van der Waals surface area contributed by atoms with Gasteiger partial charge in [0.2, 0.25) is 0 Å². The molecule has 20 atom stereocenters. The Morgan fingerprint density at radius 3 is 1.32 bits per heavy atom. The van der Waals surface area contributed by atoms with E-state index in [2.05, 4.69) is 41.5 Å². The van der Waals surface area contributed by atoms with Crippen LogP contribution in [0.4, 0.5) is 0 Å².